The summed E-state index contributed by atoms with van der Waals surface area (Å²) in [6, 6.07) is 7.56. The smallest absolute Gasteiger partial charge is 0.309 e. The Kier molecular flexibility index (Phi) is 3.76. The molecule has 0 radical (unpaired) electrons. The summed E-state index contributed by atoms with van der Waals surface area (Å²) >= 11 is 7.28. The molecule has 0 atom stereocenters. The fraction of sp³-hybridized carbons (Fsp3) is 0.167. The van der Waals surface area contributed by atoms with Gasteiger partial charge in [-0.05, 0) is 17.7 Å². The average molecular weight is 268 g/mol. The third-order valence-corrected chi connectivity index (χ3v) is 3.35. The van der Waals surface area contributed by atoms with E-state index in [-0.39, 0.29) is 6.42 Å². The molecule has 0 aliphatic heterocycles. The van der Waals surface area contributed by atoms with Crippen molar-refractivity contribution in [1.29, 1.82) is 0 Å². The molecule has 1 aromatic heterocycles. The molecule has 0 aliphatic rings. The summed E-state index contributed by atoms with van der Waals surface area (Å²) in [5.74, 6) is -0.853. The lowest BCUT2D eigenvalue weighted by Crippen LogP contribution is -2.00. The fourth-order valence-electron chi connectivity index (χ4n) is 1.44. The summed E-state index contributed by atoms with van der Waals surface area (Å²) < 4.78 is 0. The van der Waals surface area contributed by atoms with Crippen molar-refractivity contribution in [3.63, 3.8) is 0 Å². The zero-order chi connectivity index (χ0) is 12.3. The zero-order valence-electron chi connectivity index (χ0n) is 8.89. The minimum absolute atomic E-state index is 0.0167. The molecule has 3 nitrogen and oxygen atoms in total. The predicted molar refractivity (Wildman–Crippen MR) is 67.7 cm³/mol. The van der Waals surface area contributed by atoms with Crippen molar-refractivity contribution >= 4 is 28.9 Å². The molecule has 0 saturated heterocycles. The van der Waals surface area contributed by atoms with Crippen LogP contribution in [0.4, 0.5) is 0 Å². The van der Waals surface area contributed by atoms with E-state index in [0.29, 0.717) is 17.1 Å². The third kappa shape index (κ3) is 3.54. The SMILES string of the molecule is O=C(O)Cc1csc(Cc2ccc(Cl)cc2)n1. The molecule has 1 N–H and O–H groups in total. The number of carboxylic acids is 1. The van der Waals surface area contributed by atoms with Gasteiger partial charge in [-0.3, -0.25) is 4.79 Å². The van der Waals surface area contributed by atoms with Crippen LogP contribution in [0.5, 0.6) is 0 Å². The number of aliphatic carboxylic acids is 1. The maximum Gasteiger partial charge on any atom is 0.309 e. The number of hydrogen-bond donors (Lipinski definition) is 1. The number of carboxylic acid groups (broad SMARTS) is 1. The third-order valence-electron chi connectivity index (χ3n) is 2.20. The second-order valence-corrected chi connectivity index (χ2v) is 4.99. The Labute approximate surface area is 108 Å². The Morgan fingerprint density at radius 3 is 2.71 bits per heavy atom. The van der Waals surface area contributed by atoms with E-state index in [1.54, 1.807) is 5.38 Å². The van der Waals surface area contributed by atoms with Crippen LogP contribution in [-0.4, -0.2) is 16.1 Å². The quantitative estimate of drug-likeness (QED) is 0.926. The monoisotopic (exact) mass is 267 g/mol. The van der Waals surface area contributed by atoms with Crippen molar-refractivity contribution in [1.82, 2.24) is 4.98 Å². The number of halogens is 1. The van der Waals surface area contributed by atoms with Gasteiger partial charge in [-0.2, -0.15) is 0 Å². The Morgan fingerprint density at radius 1 is 1.35 bits per heavy atom. The van der Waals surface area contributed by atoms with E-state index in [1.807, 2.05) is 24.3 Å². The van der Waals surface area contributed by atoms with Gasteiger partial charge >= 0.3 is 5.97 Å². The highest BCUT2D eigenvalue weighted by Gasteiger charge is 2.06. The van der Waals surface area contributed by atoms with Crippen LogP contribution in [0.1, 0.15) is 16.3 Å². The normalized spacial score (nSPS) is 10.4. The number of thiazole rings is 1. The second kappa shape index (κ2) is 5.29. The van der Waals surface area contributed by atoms with Gasteiger partial charge in [0.15, 0.2) is 0 Å². The van der Waals surface area contributed by atoms with E-state index in [0.717, 1.165) is 10.6 Å². The average Bonchev–Trinajstić information content (AvgIpc) is 2.68. The van der Waals surface area contributed by atoms with Crippen molar-refractivity contribution < 1.29 is 9.90 Å². The van der Waals surface area contributed by atoms with Crippen LogP contribution >= 0.6 is 22.9 Å². The molecule has 0 aliphatic carbocycles. The Balaban J connectivity index is 2.06. The van der Waals surface area contributed by atoms with Crippen LogP contribution in [-0.2, 0) is 17.6 Å². The van der Waals surface area contributed by atoms with Crippen molar-refractivity contribution in [2.75, 3.05) is 0 Å². The Bertz CT molecular complexity index is 522. The molecule has 0 fully saturated rings. The molecule has 2 rings (SSSR count). The Morgan fingerprint density at radius 2 is 2.06 bits per heavy atom. The van der Waals surface area contributed by atoms with Gasteiger partial charge in [0, 0.05) is 16.8 Å². The van der Waals surface area contributed by atoms with E-state index < -0.39 is 5.97 Å². The molecular formula is C12H10ClNO2S. The Hall–Kier alpha value is -1.39. The molecule has 0 unspecified atom stereocenters. The number of rotatable bonds is 4. The summed E-state index contributed by atoms with van der Waals surface area (Å²) in [4.78, 5) is 14.8. The van der Waals surface area contributed by atoms with Gasteiger partial charge in [0.1, 0.15) is 0 Å². The van der Waals surface area contributed by atoms with E-state index in [2.05, 4.69) is 4.98 Å². The van der Waals surface area contributed by atoms with E-state index >= 15 is 0 Å². The first-order valence-electron chi connectivity index (χ1n) is 5.03. The number of hydrogen-bond acceptors (Lipinski definition) is 3. The lowest BCUT2D eigenvalue weighted by molar-refractivity contribution is -0.136. The topological polar surface area (TPSA) is 50.2 Å². The number of nitrogens with zero attached hydrogens (tertiary/aromatic N) is 1. The zero-order valence-corrected chi connectivity index (χ0v) is 10.5. The summed E-state index contributed by atoms with van der Waals surface area (Å²) in [7, 11) is 0. The first-order chi connectivity index (χ1) is 8.13. The van der Waals surface area contributed by atoms with Crippen LogP contribution in [0.25, 0.3) is 0 Å². The standard InChI is InChI=1S/C12H10ClNO2S/c13-9-3-1-8(2-4-9)5-11-14-10(7-17-11)6-12(15)16/h1-4,7H,5-6H2,(H,15,16). The predicted octanol–water partition coefficient (Wildman–Crippen LogP) is 3.01. The molecule has 5 heteroatoms. The van der Waals surface area contributed by atoms with E-state index in [9.17, 15) is 4.79 Å². The molecule has 17 heavy (non-hydrogen) atoms. The van der Waals surface area contributed by atoms with Gasteiger partial charge in [0.2, 0.25) is 0 Å². The molecule has 0 saturated carbocycles. The summed E-state index contributed by atoms with van der Waals surface area (Å²) in [5, 5.41) is 12.1. The minimum atomic E-state index is -0.853. The van der Waals surface area contributed by atoms with Crippen molar-refractivity contribution in [2.24, 2.45) is 0 Å². The summed E-state index contributed by atoms with van der Waals surface area (Å²) in [5.41, 5.74) is 1.73. The summed E-state index contributed by atoms with van der Waals surface area (Å²) in [6.45, 7) is 0. The molecular weight excluding hydrogens is 258 g/mol. The maximum atomic E-state index is 10.5. The first-order valence-corrected chi connectivity index (χ1v) is 6.29. The highest BCUT2D eigenvalue weighted by atomic mass is 35.5. The van der Waals surface area contributed by atoms with Crippen LogP contribution in [0, 0.1) is 0 Å². The minimum Gasteiger partial charge on any atom is -0.481 e. The van der Waals surface area contributed by atoms with Crippen molar-refractivity contribution in [2.45, 2.75) is 12.8 Å². The molecule has 2 aromatic rings. The molecule has 0 bridgehead atoms. The van der Waals surface area contributed by atoms with Gasteiger partial charge in [-0.25, -0.2) is 4.98 Å². The lowest BCUT2D eigenvalue weighted by Gasteiger charge is -1.97. The van der Waals surface area contributed by atoms with Gasteiger partial charge < -0.3 is 5.11 Å². The summed E-state index contributed by atoms with van der Waals surface area (Å²) in [6.07, 6.45) is 0.693. The number of benzene rings is 1. The molecule has 88 valence electrons. The van der Waals surface area contributed by atoms with Crippen molar-refractivity contribution in [3.8, 4) is 0 Å². The van der Waals surface area contributed by atoms with Gasteiger partial charge in [0.25, 0.3) is 0 Å². The molecule has 0 spiro atoms. The van der Waals surface area contributed by atoms with Gasteiger partial charge in [-0.15, -0.1) is 11.3 Å². The van der Waals surface area contributed by atoms with Crippen LogP contribution < -0.4 is 0 Å². The largest absolute Gasteiger partial charge is 0.481 e. The first kappa shape index (κ1) is 12.1. The molecule has 0 amide bonds. The number of aromatic nitrogens is 1. The molecule has 1 aromatic carbocycles. The van der Waals surface area contributed by atoms with Gasteiger partial charge in [0.05, 0.1) is 17.1 Å². The molecule has 1 heterocycles. The lowest BCUT2D eigenvalue weighted by atomic mass is 10.2. The highest BCUT2D eigenvalue weighted by Crippen LogP contribution is 2.17. The highest BCUT2D eigenvalue weighted by molar-refractivity contribution is 7.09. The van der Waals surface area contributed by atoms with E-state index in [1.165, 1.54) is 11.3 Å². The van der Waals surface area contributed by atoms with Gasteiger partial charge in [-0.1, -0.05) is 23.7 Å². The van der Waals surface area contributed by atoms with Crippen molar-refractivity contribution in [3.05, 3.63) is 50.9 Å². The second-order valence-electron chi connectivity index (χ2n) is 3.61. The van der Waals surface area contributed by atoms with Crippen LogP contribution in [0.3, 0.4) is 0 Å². The number of carbonyl (C=O) groups is 1. The van der Waals surface area contributed by atoms with E-state index in [4.69, 9.17) is 16.7 Å². The van der Waals surface area contributed by atoms with Crippen LogP contribution in [0.2, 0.25) is 5.02 Å². The van der Waals surface area contributed by atoms with Crippen LogP contribution in [0.15, 0.2) is 29.6 Å². The maximum absolute atomic E-state index is 10.5. The fourth-order valence-corrected chi connectivity index (χ4v) is 2.40.